The molecule has 0 amide bonds. The van der Waals surface area contributed by atoms with Gasteiger partial charge in [-0.3, -0.25) is 0 Å². The van der Waals surface area contributed by atoms with Crippen LogP contribution in [-0.4, -0.2) is 0 Å². The molecule has 12 rings (SSSR count). The zero-order valence-corrected chi connectivity index (χ0v) is 30.3. The number of fused-ring (bicyclic) bond motifs is 13. The van der Waals surface area contributed by atoms with Crippen molar-refractivity contribution in [3.63, 3.8) is 0 Å². The van der Waals surface area contributed by atoms with Crippen LogP contribution in [0.3, 0.4) is 0 Å². The minimum atomic E-state index is 0.196. The lowest BCUT2D eigenvalue weighted by atomic mass is 9.84. The van der Waals surface area contributed by atoms with E-state index in [0.29, 0.717) is 0 Å². The van der Waals surface area contributed by atoms with Crippen LogP contribution in [0.15, 0.2) is 168 Å². The van der Waals surface area contributed by atoms with E-state index in [1.165, 1.54) is 71.3 Å². The second kappa shape index (κ2) is 11.6. The van der Waals surface area contributed by atoms with Gasteiger partial charge in [-0.25, -0.2) is 0 Å². The number of benzene rings is 7. The second-order valence-electron chi connectivity index (χ2n) is 16.4. The van der Waals surface area contributed by atoms with Gasteiger partial charge in [0.25, 0.3) is 0 Å². The van der Waals surface area contributed by atoms with Crippen molar-refractivity contribution in [2.75, 3.05) is 4.90 Å². The minimum absolute atomic E-state index is 0.196. The van der Waals surface area contributed by atoms with Crippen molar-refractivity contribution in [1.29, 1.82) is 0 Å². The highest BCUT2D eigenvalue weighted by atomic mass is 16.3. The monoisotopic (exact) mass is 695 g/mol. The summed E-state index contributed by atoms with van der Waals surface area (Å²) < 4.78 is 6.27. The van der Waals surface area contributed by atoms with Gasteiger partial charge in [0.1, 0.15) is 11.2 Å². The van der Waals surface area contributed by atoms with Crippen molar-refractivity contribution < 1.29 is 4.42 Å². The SMILES string of the molecule is c1ccc(-c2ccccc2N(c2ccc(-c3ccc4c(c3)oc3ccccc34)cc2)c2ccc3c(c2)-c2ccccc2C32C3CC4CCC(C4)CC32)cc1. The summed E-state index contributed by atoms with van der Waals surface area (Å²) in [5, 5.41) is 2.32. The van der Waals surface area contributed by atoms with E-state index in [9.17, 15) is 0 Å². The van der Waals surface area contributed by atoms with Crippen LogP contribution >= 0.6 is 0 Å². The van der Waals surface area contributed by atoms with Crippen LogP contribution in [0.4, 0.5) is 17.1 Å². The molecule has 7 aromatic carbocycles. The van der Waals surface area contributed by atoms with Gasteiger partial charge in [0.05, 0.1) is 5.69 Å². The van der Waals surface area contributed by atoms with Gasteiger partial charge in [0, 0.05) is 33.1 Å². The lowest BCUT2D eigenvalue weighted by Crippen LogP contribution is -2.15. The number of furan rings is 1. The van der Waals surface area contributed by atoms with Gasteiger partial charge in [-0.05, 0) is 130 Å². The first-order chi connectivity index (χ1) is 26.7. The highest BCUT2D eigenvalue weighted by molar-refractivity contribution is 6.06. The predicted molar refractivity (Wildman–Crippen MR) is 223 cm³/mol. The summed E-state index contributed by atoms with van der Waals surface area (Å²) in [5.41, 5.74) is 16.4. The Morgan fingerprint density at radius 2 is 1.09 bits per heavy atom. The lowest BCUT2D eigenvalue weighted by Gasteiger charge is -2.29. The van der Waals surface area contributed by atoms with E-state index in [1.807, 2.05) is 12.1 Å². The summed E-state index contributed by atoms with van der Waals surface area (Å²) in [7, 11) is 0. The maximum absolute atomic E-state index is 6.27. The second-order valence-corrected chi connectivity index (χ2v) is 16.4. The lowest BCUT2D eigenvalue weighted by molar-refractivity contribution is 0.438. The molecule has 0 aliphatic heterocycles. The Morgan fingerprint density at radius 3 is 1.93 bits per heavy atom. The van der Waals surface area contributed by atoms with Gasteiger partial charge in [0.2, 0.25) is 0 Å². The molecule has 4 aliphatic carbocycles. The first kappa shape index (κ1) is 30.6. The molecule has 2 heteroatoms. The fourth-order valence-electron chi connectivity index (χ4n) is 11.5. The maximum Gasteiger partial charge on any atom is 0.136 e. The molecule has 8 aromatic rings. The molecular weight excluding hydrogens is 655 g/mol. The Labute approximate surface area is 316 Å². The van der Waals surface area contributed by atoms with Crippen LogP contribution in [0.1, 0.15) is 43.2 Å². The number of para-hydroxylation sites is 2. The molecule has 0 saturated heterocycles. The third-order valence-corrected chi connectivity index (χ3v) is 13.8. The Kier molecular flexibility index (Phi) is 6.55. The Bertz CT molecular complexity index is 2720. The third kappa shape index (κ3) is 4.40. The van der Waals surface area contributed by atoms with Crippen LogP contribution in [0.25, 0.3) is 55.3 Å². The molecular formula is C52H41NO. The van der Waals surface area contributed by atoms with Crippen molar-refractivity contribution in [3.8, 4) is 33.4 Å². The van der Waals surface area contributed by atoms with E-state index in [0.717, 1.165) is 56.9 Å². The van der Waals surface area contributed by atoms with Crippen LogP contribution in [0.2, 0.25) is 0 Å². The molecule has 1 aromatic heterocycles. The van der Waals surface area contributed by atoms with Crippen LogP contribution in [0.5, 0.6) is 0 Å². The smallest absolute Gasteiger partial charge is 0.136 e. The molecule has 3 saturated carbocycles. The van der Waals surface area contributed by atoms with Crippen molar-refractivity contribution >= 4 is 39.0 Å². The average Bonchev–Trinajstić information content (AvgIpc) is 3.48. The molecule has 260 valence electrons. The first-order valence-corrected chi connectivity index (χ1v) is 19.9. The highest BCUT2D eigenvalue weighted by Gasteiger charge is 2.70. The van der Waals surface area contributed by atoms with Gasteiger partial charge in [0.15, 0.2) is 0 Å². The zero-order valence-electron chi connectivity index (χ0n) is 30.3. The van der Waals surface area contributed by atoms with Gasteiger partial charge < -0.3 is 9.32 Å². The van der Waals surface area contributed by atoms with E-state index < -0.39 is 0 Å². The van der Waals surface area contributed by atoms with E-state index in [4.69, 9.17) is 4.42 Å². The normalized spacial score (nSPS) is 23.3. The molecule has 4 aliphatic rings. The molecule has 1 spiro atoms. The summed E-state index contributed by atoms with van der Waals surface area (Å²) in [4.78, 5) is 2.48. The van der Waals surface area contributed by atoms with Crippen LogP contribution < -0.4 is 4.90 Å². The zero-order chi connectivity index (χ0) is 35.4. The molecule has 4 unspecified atom stereocenters. The Hall–Kier alpha value is -5.86. The van der Waals surface area contributed by atoms with Gasteiger partial charge in [-0.2, -0.15) is 0 Å². The number of rotatable bonds is 5. The quantitative estimate of drug-likeness (QED) is 0.178. The van der Waals surface area contributed by atoms with E-state index >= 15 is 0 Å². The van der Waals surface area contributed by atoms with Crippen LogP contribution in [0, 0.1) is 23.7 Å². The first-order valence-electron chi connectivity index (χ1n) is 19.9. The highest BCUT2D eigenvalue weighted by Crippen LogP contribution is 2.75. The fourth-order valence-corrected chi connectivity index (χ4v) is 11.5. The van der Waals surface area contributed by atoms with Crippen molar-refractivity contribution in [3.05, 3.63) is 175 Å². The van der Waals surface area contributed by atoms with Crippen molar-refractivity contribution in [2.45, 2.75) is 37.5 Å². The predicted octanol–water partition coefficient (Wildman–Crippen LogP) is 14.1. The molecule has 0 radical (unpaired) electrons. The topological polar surface area (TPSA) is 16.4 Å². The molecule has 4 atom stereocenters. The molecule has 2 bridgehead atoms. The van der Waals surface area contributed by atoms with Gasteiger partial charge >= 0.3 is 0 Å². The fraction of sp³-hybridized carbons (Fsp3) is 0.192. The van der Waals surface area contributed by atoms with Crippen molar-refractivity contribution in [2.24, 2.45) is 23.7 Å². The number of anilines is 3. The Morgan fingerprint density at radius 1 is 0.444 bits per heavy atom. The number of hydrogen-bond acceptors (Lipinski definition) is 2. The maximum atomic E-state index is 6.27. The Balaban J connectivity index is 0.994. The average molecular weight is 696 g/mol. The van der Waals surface area contributed by atoms with Gasteiger partial charge in [-0.15, -0.1) is 0 Å². The van der Waals surface area contributed by atoms with Gasteiger partial charge in [-0.1, -0.05) is 128 Å². The van der Waals surface area contributed by atoms with Crippen molar-refractivity contribution in [1.82, 2.24) is 0 Å². The summed E-state index contributed by atoms with van der Waals surface area (Å²) in [5.74, 6) is 3.41. The molecule has 1 heterocycles. The third-order valence-electron chi connectivity index (χ3n) is 13.8. The molecule has 0 N–H and O–H groups in total. The van der Waals surface area contributed by atoms with E-state index in [-0.39, 0.29) is 5.41 Å². The number of nitrogens with zero attached hydrogens (tertiary/aromatic N) is 1. The largest absolute Gasteiger partial charge is 0.456 e. The van der Waals surface area contributed by atoms with E-state index in [1.54, 1.807) is 11.1 Å². The minimum Gasteiger partial charge on any atom is -0.456 e. The van der Waals surface area contributed by atoms with E-state index in [2.05, 4.69) is 157 Å². The molecule has 54 heavy (non-hydrogen) atoms. The van der Waals surface area contributed by atoms with Crippen LogP contribution in [-0.2, 0) is 5.41 Å². The summed E-state index contributed by atoms with van der Waals surface area (Å²) in [6.45, 7) is 0. The molecule has 2 nitrogen and oxygen atoms in total. The summed E-state index contributed by atoms with van der Waals surface area (Å²) in [6, 6.07) is 60.6. The molecule has 3 fully saturated rings. The summed E-state index contributed by atoms with van der Waals surface area (Å²) >= 11 is 0. The number of hydrogen-bond donors (Lipinski definition) is 0. The standard InChI is InChI=1S/C52H41NO/c1-2-10-36(11-3-1)40-12-5-8-16-49(40)53(38-23-20-35(21-24-38)37-22-26-43-42-14-6-9-17-50(42)54-51(43)31-37)39-25-27-46-44(32-39)41-13-4-7-15-45(41)52(46)47-29-33-18-19-34(28-33)30-48(47)52/h1-17,20-27,31-34,47-48H,18-19,28-30H2. The summed E-state index contributed by atoms with van der Waals surface area (Å²) in [6.07, 6.45) is 7.17.